The molecule has 2 unspecified atom stereocenters. The van der Waals surface area contributed by atoms with E-state index in [0.717, 1.165) is 36.2 Å². The molecule has 1 aliphatic heterocycles. The van der Waals surface area contributed by atoms with E-state index >= 15 is 0 Å². The Hall–Kier alpha value is -2.01. The fourth-order valence-electron chi connectivity index (χ4n) is 3.94. The highest BCUT2D eigenvalue weighted by Crippen LogP contribution is 2.26. The van der Waals surface area contributed by atoms with Crippen molar-refractivity contribution >= 4 is 27.7 Å². The molecule has 1 aromatic heterocycles. The Bertz CT molecular complexity index is 977. The molecule has 2 N–H and O–H groups in total. The Morgan fingerprint density at radius 1 is 1.11 bits per heavy atom. The zero-order valence-electron chi connectivity index (χ0n) is 16.6. The third-order valence-corrected chi connectivity index (χ3v) is 7.08. The average Bonchev–Trinajstić information content (AvgIpc) is 3.09. The molecule has 2 atom stereocenters. The molecule has 0 bridgehead atoms. The summed E-state index contributed by atoms with van der Waals surface area (Å²) in [6.07, 6.45) is 6.25. The highest BCUT2D eigenvalue weighted by Gasteiger charge is 2.19. The lowest BCUT2D eigenvalue weighted by Crippen LogP contribution is -2.34. The molecule has 4 rings (SSSR count). The molecule has 2 aromatic carbocycles. The molecule has 0 spiro atoms. The molecule has 4 heteroatoms. The molecule has 0 fully saturated rings. The van der Waals surface area contributed by atoms with Gasteiger partial charge in [-0.2, -0.15) is 0 Å². The minimum Gasteiger partial charge on any atom is -0.616 e. The van der Waals surface area contributed by atoms with E-state index < -0.39 is 11.2 Å². The van der Waals surface area contributed by atoms with Gasteiger partial charge < -0.3 is 14.9 Å². The number of hydrogen-bond acceptors (Lipinski definition) is 2. The van der Waals surface area contributed by atoms with Gasteiger partial charge in [0.05, 0.1) is 0 Å². The SMILES string of the molecule is Cc1cc2[nH]cc(C[S+]([O-])CCC3CC(c4ccccc4)=CCN3)c2cc1C. The summed E-state index contributed by atoms with van der Waals surface area (Å²) < 4.78 is 12.8. The second-order valence-corrected chi connectivity index (χ2v) is 9.35. The van der Waals surface area contributed by atoms with Gasteiger partial charge >= 0.3 is 0 Å². The zero-order valence-corrected chi connectivity index (χ0v) is 17.4. The number of aromatic nitrogens is 1. The van der Waals surface area contributed by atoms with E-state index in [1.807, 2.05) is 6.20 Å². The summed E-state index contributed by atoms with van der Waals surface area (Å²) in [7, 11) is 0. The van der Waals surface area contributed by atoms with E-state index in [9.17, 15) is 4.55 Å². The van der Waals surface area contributed by atoms with Crippen LogP contribution in [-0.2, 0) is 16.9 Å². The molecular weight excluding hydrogens is 364 g/mol. The second kappa shape index (κ2) is 8.56. The lowest BCUT2D eigenvalue weighted by atomic mass is 9.94. The van der Waals surface area contributed by atoms with Crippen molar-refractivity contribution in [3.63, 3.8) is 0 Å². The Labute approximate surface area is 170 Å². The van der Waals surface area contributed by atoms with Gasteiger partial charge in [0.25, 0.3) is 0 Å². The van der Waals surface area contributed by atoms with Gasteiger partial charge in [-0.05, 0) is 65.8 Å². The first-order valence-electron chi connectivity index (χ1n) is 10.00. The van der Waals surface area contributed by atoms with Crippen LogP contribution in [0.25, 0.3) is 16.5 Å². The first-order valence-corrected chi connectivity index (χ1v) is 11.5. The van der Waals surface area contributed by atoms with Crippen LogP contribution in [0.4, 0.5) is 0 Å². The second-order valence-electron chi connectivity index (χ2n) is 7.78. The number of hydrogen-bond donors (Lipinski definition) is 2. The summed E-state index contributed by atoms with van der Waals surface area (Å²) in [6.45, 7) is 5.15. The van der Waals surface area contributed by atoms with E-state index in [2.05, 4.69) is 72.7 Å². The van der Waals surface area contributed by atoms with E-state index in [0.29, 0.717) is 11.8 Å². The van der Waals surface area contributed by atoms with Crippen molar-refractivity contribution in [3.8, 4) is 0 Å². The van der Waals surface area contributed by atoms with E-state index in [-0.39, 0.29) is 0 Å². The number of rotatable bonds is 6. The van der Waals surface area contributed by atoms with Crippen LogP contribution in [0.5, 0.6) is 0 Å². The van der Waals surface area contributed by atoms with Crippen molar-refractivity contribution in [2.45, 2.75) is 38.5 Å². The van der Waals surface area contributed by atoms with Crippen molar-refractivity contribution in [1.82, 2.24) is 10.3 Å². The van der Waals surface area contributed by atoms with Crippen LogP contribution in [-0.4, -0.2) is 27.9 Å². The zero-order chi connectivity index (χ0) is 19.5. The normalized spacial score (nSPS) is 18.2. The van der Waals surface area contributed by atoms with Crippen molar-refractivity contribution in [3.05, 3.63) is 77.0 Å². The van der Waals surface area contributed by atoms with Crippen LogP contribution < -0.4 is 5.32 Å². The Morgan fingerprint density at radius 3 is 2.71 bits per heavy atom. The highest BCUT2D eigenvalue weighted by molar-refractivity contribution is 7.90. The standard InChI is InChI=1S/C24H28N2OS/c1-17-12-23-21(15-26-24(23)13-18(17)2)16-28(27)11-9-22-14-20(8-10-25-22)19-6-4-3-5-7-19/h3-8,12-13,15,22,25-26H,9-11,14,16H2,1-2H3. The van der Waals surface area contributed by atoms with Gasteiger partial charge in [0.2, 0.25) is 0 Å². The maximum Gasteiger partial charge on any atom is 0.132 e. The van der Waals surface area contributed by atoms with Gasteiger partial charge in [0.1, 0.15) is 11.5 Å². The molecule has 3 nitrogen and oxygen atoms in total. The Balaban J connectivity index is 1.34. The molecule has 0 amide bonds. The van der Waals surface area contributed by atoms with Crippen molar-refractivity contribution in [1.29, 1.82) is 0 Å². The molecule has 146 valence electrons. The minimum absolute atomic E-state index is 0.400. The smallest absolute Gasteiger partial charge is 0.132 e. The van der Waals surface area contributed by atoms with Crippen LogP contribution in [0.1, 0.15) is 35.1 Å². The lowest BCUT2D eigenvalue weighted by Gasteiger charge is -2.25. The number of aromatic amines is 1. The molecular formula is C24H28N2OS. The Morgan fingerprint density at radius 2 is 1.89 bits per heavy atom. The van der Waals surface area contributed by atoms with Crippen molar-refractivity contribution < 1.29 is 4.55 Å². The van der Waals surface area contributed by atoms with E-state index in [1.165, 1.54) is 27.6 Å². The summed E-state index contributed by atoms with van der Waals surface area (Å²) in [5.41, 5.74) is 7.58. The van der Waals surface area contributed by atoms with Gasteiger partial charge in [-0.1, -0.05) is 36.4 Å². The monoisotopic (exact) mass is 392 g/mol. The molecule has 0 saturated heterocycles. The highest BCUT2D eigenvalue weighted by atomic mass is 32.2. The van der Waals surface area contributed by atoms with Crippen LogP contribution in [0.2, 0.25) is 0 Å². The quantitative estimate of drug-likeness (QED) is 0.588. The van der Waals surface area contributed by atoms with Gasteiger partial charge in [-0.3, -0.25) is 0 Å². The summed E-state index contributed by atoms with van der Waals surface area (Å²) in [6, 6.07) is 15.4. The van der Waals surface area contributed by atoms with E-state index in [4.69, 9.17) is 0 Å². The number of fused-ring (bicyclic) bond motifs is 1. The number of H-pyrrole nitrogens is 1. The Kier molecular flexibility index (Phi) is 5.90. The topological polar surface area (TPSA) is 50.9 Å². The molecule has 3 aromatic rings. The van der Waals surface area contributed by atoms with Crippen LogP contribution >= 0.6 is 0 Å². The fourth-order valence-corrected chi connectivity index (χ4v) is 5.22. The van der Waals surface area contributed by atoms with Gasteiger partial charge in [0.15, 0.2) is 0 Å². The molecule has 0 radical (unpaired) electrons. The van der Waals surface area contributed by atoms with Crippen molar-refractivity contribution in [2.24, 2.45) is 0 Å². The first-order chi connectivity index (χ1) is 13.6. The fraction of sp³-hybridized carbons (Fsp3) is 0.333. The molecule has 28 heavy (non-hydrogen) atoms. The molecule has 0 saturated carbocycles. The number of benzene rings is 2. The molecule has 2 heterocycles. The van der Waals surface area contributed by atoms with Crippen LogP contribution in [0.15, 0.2) is 54.7 Å². The third kappa shape index (κ3) is 4.35. The average molecular weight is 393 g/mol. The summed E-state index contributed by atoms with van der Waals surface area (Å²) in [5, 5.41) is 4.77. The number of aryl methyl sites for hydroxylation is 2. The summed E-state index contributed by atoms with van der Waals surface area (Å²) in [5.74, 6) is 1.36. The van der Waals surface area contributed by atoms with Gasteiger partial charge in [-0.25, -0.2) is 0 Å². The lowest BCUT2D eigenvalue weighted by molar-refractivity contribution is 0.515. The van der Waals surface area contributed by atoms with Crippen molar-refractivity contribution in [2.75, 3.05) is 12.3 Å². The van der Waals surface area contributed by atoms with Gasteiger partial charge in [-0.15, -0.1) is 0 Å². The predicted octanol–water partition coefficient (Wildman–Crippen LogP) is 4.87. The number of nitrogens with one attached hydrogen (secondary N) is 2. The summed E-state index contributed by atoms with van der Waals surface area (Å²) >= 11 is -0.854. The predicted molar refractivity (Wildman–Crippen MR) is 120 cm³/mol. The minimum atomic E-state index is -0.854. The molecule has 1 aliphatic rings. The largest absolute Gasteiger partial charge is 0.616 e. The first kappa shape index (κ1) is 19.3. The maximum absolute atomic E-state index is 12.8. The van der Waals surface area contributed by atoms with Crippen LogP contribution in [0, 0.1) is 13.8 Å². The van der Waals surface area contributed by atoms with Crippen LogP contribution in [0.3, 0.4) is 0 Å². The molecule has 0 aliphatic carbocycles. The van der Waals surface area contributed by atoms with Gasteiger partial charge in [0, 0.05) is 41.7 Å². The van der Waals surface area contributed by atoms with E-state index in [1.54, 1.807) is 0 Å². The maximum atomic E-state index is 12.8. The summed E-state index contributed by atoms with van der Waals surface area (Å²) in [4.78, 5) is 3.34. The third-order valence-electron chi connectivity index (χ3n) is 5.76.